The van der Waals surface area contributed by atoms with Crippen molar-refractivity contribution in [3.8, 4) is 5.88 Å². The van der Waals surface area contributed by atoms with E-state index in [1.165, 1.54) is 13.8 Å². The minimum Gasteiger partial charge on any atom is -0.468 e. The molecule has 3 N–H and O–H groups in total. The molecule has 0 aliphatic rings. The lowest BCUT2D eigenvalue weighted by Crippen LogP contribution is -2.21. The van der Waals surface area contributed by atoms with Crippen molar-refractivity contribution in [2.45, 2.75) is 20.0 Å². The van der Waals surface area contributed by atoms with E-state index in [2.05, 4.69) is 20.1 Å². The largest absolute Gasteiger partial charge is 0.468 e. The summed E-state index contributed by atoms with van der Waals surface area (Å²) in [6.45, 7) is 1.65. The second kappa shape index (κ2) is 4.52. The van der Waals surface area contributed by atoms with Crippen molar-refractivity contribution < 1.29 is 17.9 Å². The third kappa shape index (κ3) is 3.23. The molecule has 0 unspecified atom stereocenters. The molecule has 0 atom stereocenters. The van der Waals surface area contributed by atoms with Gasteiger partial charge in [-0.3, -0.25) is 0 Å². The first-order valence-corrected chi connectivity index (χ1v) is 4.35. The van der Waals surface area contributed by atoms with Gasteiger partial charge < -0.3 is 10.2 Å². The number of aromatic nitrogens is 2. The van der Waals surface area contributed by atoms with Gasteiger partial charge in [0.15, 0.2) is 6.61 Å². The molecular formula is C8H11F3N4O. The molecule has 5 nitrogen and oxygen atoms in total. The van der Waals surface area contributed by atoms with Gasteiger partial charge in [-0.2, -0.15) is 18.2 Å². The van der Waals surface area contributed by atoms with Gasteiger partial charge in [0.05, 0.1) is 5.56 Å². The lowest BCUT2D eigenvalue weighted by molar-refractivity contribution is -0.154. The van der Waals surface area contributed by atoms with E-state index in [1.54, 1.807) is 0 Å². The molecule has 0 spiro atoms. The van der Waals surface area contributed by atoms with Crippen LogP contribution in [0, 0.1) is 13.8 Å². The van der Waals surface area contributed by atoms with Crippen LogP contribution in [-0.4, -0.2) is 22.8 Å². The summed E-state index contributed by atoms with van der Waals surface area (Å²) in [7, 11) is 0. The van der Waals surface area contributed by atoms with E-state index in [-0.39, 0.29) is 17.5 Å². The van der Waals surface area contributed by atoms with Crippen molar-refractivity contribution in [1.29, 1.82) is 0 Å². The molecule has 90 valence electrons. The fourth-order valence-electron chi connectivity index (χ4n) is 1.03. The first kappa shape index (κ1) is 12.5. The Balaban J connectivity index is 2.91. The van der Waals surface area contributed by atoms with Crippen LogP contribution in [-0.2, 0) is 0 Å². The number of hydrogen-bond donors (Lipinski definition) is 2. The molecule has 16 heavy (non-hydrogen) atoms. The van der Waals surface area contributed by atoms with Crippen LogP contribution >= 0.6 is 0 Å². The van der Waals surface area contributed by atoms with E-state index in [0.717, 1.165) is 0 Å². The summed E-state index contributed by atoms with van der Waals surface area (Å²) in [5.74, 6) is 5.54. The predicted octanol–water partition coefficient (Wildman–Crippen LogP) is 1.32. The van der Waals surface area contributed by atoms with E-state index in [0.29, 0.717) is 5.56 Å². The molecule has 1 rings (SSSR count). The van der Waals surface area contributed by atoms with Crippen LogP contribution in [0.25, 0.3) is 0 Å². The summed E-state index contributed by atoms with van der Waals surface area (Å²) in [5, 5.41) is 0. The van der Waals surface area contributed by atoms with Crippen LogP contribution in [0.15, 0.2) is 0 Å². The zero-order valence-electron chi connectivity index (χ0n) is 8.72. The quantitative estimate of drug-likeness (QED) is 0.611. The number of anilines is 1. The van der Waals surface area contributed by atoms with Crippen molar-refractivity contribution in [3.63, 3.8) is 0 Å². The van der Waals surface area contributed by atoms with Crippen LogP contribution in [0.5, 0.6) is 5.88 Å². The van der Waals surface area contributed by atoms with E-state index >= 15 is 0 Å². The molecule has 1 aromatic rings. The van der Waals surface area contributed by atoms with Gasteiger partial charge in [-0.1, -0.05) is 0 Å². The van der Waals surface area contributed by atoms with Crippen LogP contribution in [0.4, 0.5) is 19.0 Å². The summed E-state index contributed by atoms with van der Waals surface area (Å²) in [6.07, 6.45) is -4.40. The topological polar surface area (TPSA) is 73.1 Å². The first-order chi connectivity index (χ1) is 7.33. The fraction of sp³-hybridized carbons (Fsp3) is 0.500. The van der Waals surface area contributed by atoms with Gasteiger partial charge in [0.2, 0.25) is 5.88 Å². The molecule has 8 heteroatoms. The third-order valence-corrected chi connectivity index (χ3v) is 1.72. The van der Waals surface area contributed by atoms with Gasteiger partial charge in [-0.15, -0.1) is 0 Å². The second-order valence-electron chi connectivity index (χ2n) is 3.10. The molecule has 1 aromatic heterocycles. The smallest absolute Gasteiger partial charge is 0.422 e. The van der Waals surface area contributed by atoms with Crippen molar-refractivity contribution in [3.05, 3.63) is 11.4 Å². The van der Waals surface area contributed by atoms with Crippen molar-refractivity contribution in [2.75, 3.05) is 12.0 Å². The standard InChI is InChI=1S/C8H11F3N4O/c1-4-6(15-12)13-5(2)14-7(4)16-3-8(9,10)11/h3,12H2,1-2H3,(H,13,14,15). The number of ether oxygens (including phenoxy) is 1. The Hall–Kier alpha value is -1.57. The summed E-state index contributed by atoms with van der Waals surface area (Å²) < 4.78 is 40.4. The molecule has 0 bridgehead atoms. The molecule has 0 radical (unpaired) electrons. The number of hydrogen-bond acceptors (Lipinski definition) is 5. The number of nitrogens with zero attached hydrogens (tertiary/aromatic N) is 2. The van der Waals surface area contributed by atoms with Gasteiger partial charge in [0, 0.05) is 0 Å². The average molecular weight is 236 g/mol. The number of rotatable bonds is 3. The van der Waals surface area contributed by atoms with Crippen LogP contribution in [0.2, 0.25) is 0 Å². The second-order valence-corrected chi connectivity index (χ2v) is 3.10. The molecule has 0 fully saturated rings. The van der Waals surface area contributed by atoms with Crippen LogP contribution in [0.3, 0.4) is 0 Å². The molecule has 1 heterocycles. The predicted molar refractivity (Wildman–Crippen MR) is 50.9 cm³/mol. The number of hydrazine groups is 1. The zero-order valence-corrected chi connectivity index (χ0v) is 8.72. The van der Waals surface area contributed by atoms with Crippen molar-refractivity contribution in [2.24, 2.45) is 5.84 Å². The fourth-order valence-corrected chi connectivity index (χ4v) is 1.03. The molecule has 0 aromatic carbocycles. The van der Waals surface area contributed by atoms with Gasteiger partial charge in [0.1, 0.15) is 11.6 Å². The molecule has 0 aliphatic carbocycles. The Kier molecular flexibility index (Phi) is 3.53. The van der Waals surface area contributed by atoms with Gasteiger partial charge >= 0.3 is 6.18 Å². The normalized spacial score (nSPS) is 11.4. The molecular weight excluding hydrogens is 225 g/mol. The highest BCUT2D eigenvalue weighted by Crippen LogP contribution is 2.23. The van der Waals surface area contributed by atoms with E-state index in [1.807, 2.05) is 0 Å². The van der Waals surface area contributed by atoms with E-state index < -0.39 is 12.8 Å². The van der Waals surface area contributed by atoms with Gasteiger partial charge in [0.25, 0.3) is 0 Å². The van der Waals surface area contributed by atoms with Crippen LogP contribution < -0.4 is 16.0 Å². The summed E-state index contributed by atoms with van der Waals surface area (Å²) in [6, 6.07) is 0. The Morgan fingerprint density at radius 3 is 2.44 bits per heavy atom. The Labute approximate surface area is 89.8 Å². The number of alkyl halides is 3. The Bertz CT molecular complexity index is 380. The van der Waals surface area contributed by atoms with Gasteiger partial charge in [-0.05, 0) is 13.8 Å². The lowest BCUT2D eigenvalue weighted by Gasteiger charge is -2.12. The van der Waals surface area contributed by atoms with Crippen LogP contribution in [0.1, 0.15) is 11.4 Å². The highest BCUT2D eigenvalue weighted by Gasteiger charge is 2.29. The minimum atomic E-state index is -4.40. The van der Waals surface area contributed by atoms with Crippen molar-refractivity contribution in [1.82, 2.24) is 9.97 Å². The summed E-state index contributed by atoms with van der Waals surface area (Å²) in [5.41, 5.74) is 2.59. The lowest BCUT2D eigenvalue weighted by atomic mass is 10.3. The Morgan fingerprint density at radius 2 is 1.94 bits per heavy atom. The Morgan fingerprint density at radius 1 is 1.31 bits per heavy atom. The summed E-state index contributed by atoms with van der Waals surface area (Å²) >= 11 is 0. The molecule has 0 saturated carbocycles. The number of aryl methyl sites for hydroxylation is 1. The average Bonchev–Trinajstić information content (AvgIpc) is 2.17. The maximum atomic E-state index is 11.9. The maximum absolute atomic E-state index is 11.9. The van der Waals surface area contributed by atoms with E-state index in [9.17, 15) is 13.2 Å². The number of nitrogen functional groups attached to an aromatic ring is 1. The number of halogens is 3. The van der Waals surface area contributed by atoms with Crippen molar-refractivity contribution >= 4 is 5.82 Å². The van der Waals surface area contributed by atoms with Gasteiger partial charge in [-0.25, -0.2) is 10.8 Å². The first-order valence-electron chi connectivity index (χ1n) is 4.35. The maximum Gasteiger partial charge on any atom is 0.422 e. The third-order valence-electron chi connectivity index (χ3n) is 1.72. The minimum absolute atomic E-state index is 0.127. The van der Waals surface area contributed by atoms with E-state index in [4.69, 9.17) is 5.84 Å². The highest BCUT2D eigenvalue weighted by molar-refractivity contribution is 5.47. The molecule has 0 amide bonds. The molecule has 0 aliphatic heterocycles. The molecule has 0 saturated heterocycles. The number of nitrogens with two attached hydrogens (primary N) is 1. The summed E-state index contributed by atoms with van der Waals surface area (Å²) in [4.78, 5) is 7.64. The SMILES string of the molecule is Cc1nc(NN)c(C)c(OCC(F)(F)F)n1. The zero-order chi connectivity index (χ0) is 12.3. The highest BCUT2D eigenvalue weighted by atomic mass is 19.4. The monoisotopic (exact) mass is 236 g/mol. The number of nitrogens with one attached hydrogen (secondary N) is 1.